The van der Waals surface area contributed by atoms with E-state index in [-0.39, 0.29) is 36.5 Å². The summed E-state index contributed by atoms with van der Waals surface area (Å²) in [6.45, 7) is 6.84. The minimum atomic E-state index is -0.289. The van der Waals surface area contributed by atoms with Gasteiger partial charge in [-0.2, -0.15) is 0 Å². The molecule has 8 nitrogen and oxygen atoms in total. The molecule has 2 amide bonds. The van der Waals surface area contributed by atoms with Gasteiger partial charge in [0.25, 0.3) is 5.91 Å². The molecule has 3 atom stereocenters. The molecule has 0 spiro atoms. The van der Waals surface area contributed by atoms with Crippen LogP contribution in [0.15, 0.2) is 48.5 Å². The Bertz CT molecular complexity index is 1000. The van der Waals surface area contributed by atoms with E-state index in [1.807, 2.05) is 6.07 Å². The van der Waals surface area contributed by atoms with Crippen LogP contribution in [-0.2, 0) is 20.7 Å². The predicted octanol–water partition coefficient (Wildman–Crippen LogP) is 3.32. The Morgan fingerprint density at radius 2 is 1.86 bits per heavy atom. The lowest BCUT2D eigenvalue weighted by molar-refractivity contribution is -0.119. The number of anilines is 1. The van der Waals surface area contributed by atoms with Gasteiger partial charge in [0, 0.05) is 52.6 Å². The largest absolute Gasteiger partial charge is 0.491 e. The molecule has 1 aliphatic heterocycles. The zero-order chi connectivity index (χ0) is 26.1. The minimum absolute atomic E-state index is 0.0643. The van der Waals surface area contributed by atoms with E-state index in [2.05, 4.69) is 48.3 Å². The number of benzene rings is 2. The second-order valence-corrected chi connectivity index (χ2v) is 9.52. The quantitative estimate of drug-likeness (QED) is 0.632. The Hall–Kier alpha value is -2.94. The molecule has 0 unspecified atom stereocenters. The van der Waals surface area contributed by atoms with Gasteiger partial charge in [0.1, 0.15) is 19.0 Å². The van der Waals surface area contributed by atoms with Gasteiger partial charge in [-0.25, -0.2) is 0 Å². The number of nitrogens with one attached hydrogen (secondary N) is 1. The fourth-order valence-electron chi connectivity index (χ4n) is 4.49. The molecular formula is C28H39N3O5. The number of likely N-dealkylation sites (N-methyl/N-ethyl adjacent to an activating group) is 1. The molecule has 0 radical (unpaired) electrons. The van der Waals surface area contributed by atoms with Crippen molar-refractivity contribution in [2.24, 2.45) is 5.92 Å². The third-order valence-corrected chi connectivity index (χ3v) is 6.66. The molecule has 196 valence electrons. The fraction of sp³-hybridized carbons (Fsp3) is 0.500. The molecule has 8 heteroatoms. The average molecular weight is 498 g/mol. The summed E-state index contributed by atoms with van der Waals surface area (Å²) in [5.74, 6) is 0.218. The van der Waals surface area contributed by atoms with Gasteiger partial charge in [-0.05, 0) is 43.0 Å². The molecule has 0 aliphatic carbocycles. The summed E-state index contributed by atoms with van der Waals surface area (Å²) in [6.07, 6.45) is 0.813. The molecule has 36 heavy (non-hydrogen) atoms. The maximum absolute atomic E-state index is 13.4. The third kappa shape index (κ3) is 7.53. The number of ether oxygens (including phenoxy) is 3. The summed E-state index contributed by atoms with van der Waals surface area (Å²) in [6, 6.07) is 15.7. The molecule has 0 aromatic heterocycles. The summed E-state index contributed by atoms with van der Waals surface area (Å²) in [5, 5.41) is 2.77. The number of carbonyl (C=O) groups is 2. The highest BCUT2D eigenvalue weighted by atomic mass is 16.5. The lowest BCUT2D eigenvalue weighted by Gasteiger charge is -2.36. The number of nitrogens with zero attached hydrogens (tertiary/aromatic N) is 2. The zero-order valence-corrected chi connectivity index (χ0v) is 22.0. The van der Waals surface area contributed by atoms with Gasteiger partial charge >= 0.3 is 0 Å². The van der Waals surface area contributed by atoms with Crippen LogP contribution >= 0.6 is 0 Å². The molecule has 1 heterocycles. The SMILES string of the molecule is COCC(=O)Nc1ccc2c(c1)C(=O)N(C)C[C@H](OC)[C@@H](C)CN(CCc1ccccc1)[C@H](C)CO2. The van der Waals surface area contributed by atoms with Crippen molar-refractivity contribution in [1.82, 2.24) is 9.80 Å². The minimum Gasteiger partial charge on any atom is -0.491 e. The highest BCUT2D eigenvalue weighted by Gasteiger charge is 2.28. The van der Waals surface area contributed by atoms with Crippen molar-refractivity contribution >= 4 is 17.5 Å². The molecule has 3 rings (SSSR count). The summed E-state index contributed by atoms with van der Waals surface area (Å²) in [5.41, 5.74) is 2.22. The zero-order valence-electron chi connectivity index (χ0n) is 22.0. The molecule has 2 aromatic carbocycles. The first kappa shape index (κ1) is 27.6. The molecular weight excluding hydrogens is 458 g/mol. The van der Waals surface area contributed by atoms with Crippen LogP contribution in [0.2, 0.25) is 0 Å². The Kier molecular flexibility index (Phi) is 10.3. The smallest absolute Gasteiger partial charge is 0.257 e. The van der Waals surface area contributed by atoms with Gasteiger partial charge in [0.15, 0.2) is 0 Å². The van der Waals surface area contributed by atoms with Crippen molar-refractivity contribution in [3.8, 4) is 5.75 Å². The maximum atomic E-state index is 13.4. The van der Waals surface area contributed by atoms with Gasteiger partial charge < -0.3 is 24.4 Å². The molecule has 2 aromatic rings. The summed E-state index contributed by atoms with van der Waals surface area (Å²) in [4.78, 5) is 29.5. The molecule has 0 fully saturated rings. The first-order valence-electron chi connectivity index (χ1n) is 12.4. The predicted molar refractivity (Wildman–Crippen MR) is 141 cm³/mol. The van der Waals surface area contributed by atoms with E-state index < -0.39 is 0 Å². The van der Waals surface area contributed by atoms with Crippen LogP contribution in [0.25, 0.3) is 0 Å². The highest BCUT2D eigenvalue weighted by Crippen LogP contribution is 2.26. The third-order valence-electron chi connectivity index (χ3n) is 6.66. The van der Waals surface area contributed by atoms with Gasteiger partial charge in [-0.15, -0.1) is 0 Å². The van der Waals surface area contributed by atoms with E-state index in [1.54, 1.807) is 37.3 Å². The van der Waals surface area contributed by atoms with Crippen molar-refractivity contribution in [2.45, 2.75) is 32.4 Å². The Labute approximate surface area is 214 Å². The van der Waals surface area contributed by atoms with Gasteiger partial charge in [-0.3, -0.25) is 14.5 Å². The van der Waals surface area contributed by atoms with Crippen molar-refractivity contribution in [3.05, 3.63) is 59.7 Å². The van der Waals surface area contributed by atoms with Crippen molar-refractivity contribution < 1.29 is 23.8 Å². The number of rotatable bonds is 7. The number of methoxy groups -OCH3 is 2. The Morgan fingerprint density at radius 1 is 1.11 bits per heavy atom. The van der Waals surface area contributed by atoms with Gasteiger partial charge in [-0.1, -0.05) is 37.3 Å². The average Bonchev–Trinajstić information content (AvgIpc) is 2.88. The lowest BCUT2D eigenvalue weighted by Crippen LogP contribution is -2.47. The van der Waals surface area contributed by atoms with Crippen molar-refractivity contribution in [3.63, 3.8) is 0 Å². The van der Waals surface area contributed by atoms with Crippen molar-refractivity contribution in [1.29, 1.82) is 0 Å². The molecule has 0 saturated carbocycles. The van der Waals surface area contributed by atoms with Crippen molar-refractivity contribution in [2.75, 3.05) is 59.4 Å². The number of hydrogen-bond donors (Lipinski definition) is 1. The molecule has 1 N–H and O–H groups in total. The number of fused-ring (bicyclic) bond motifs is 1. The topological polar surface area (TPSA) is 80.3 Å². The van der Waals surface area contributed by atoms with E-state index in [0.29, 0.717) is 30.2 Å². The first-order chi connectivity index (χ1) is 17.3. The standard InChI is InChI=1S/C28H39N3O5/c1-20-16-31(14-13-22-9-7-6-8-10-22)21(2)18-36-25-12-11-23(29-27(32)19-34-4)15-24(25)28(33)30(3)17-26(20)35-5/h6-12,15,20-21,26H,13-14,16-19H2,1-5H3,(H,29,32)/t20-,21+,26-/m0/s1. The number of hydrogen-bond acceptors (Lipinski definition) is 6. The van der Waals surface area contributed by atoms with Crippen LogP contribution in [0.5, 0.6) is 5.75 Å². The van der Waals surface area contributed by atoms with Crippen LogP contribution in [-0.4, -0.2) is 87.9 Å². The number of carbonyl (C=O) groups excluding carboxylic acids is 2. The monoisotopic (exact) mass is 497 g/mol. The summed E-state index contributed by atoms with van der Waals surface area (Å²) in [7, 11) is 4.92. The van der Waals surface area contributed by atoms with Gasteiger partial charge in [0.05, 0.1) is 11.7 Å². The molecule has 1 aliphatic rings. The Balaban J connectivity index is 1.87. The summed E-state index contributed by atoms with van der Waals surface area (Å²) < 4.78 is 16.9. The van der Waals surface area contributed by atoms with E-state index in [9.17, 15) is 9.59 Å². The van der Waals surface area contributed by atoms with Crippen LogP contribution in [0, 0.1) is 5.92 Å². The van der Waals surface area contributed by atoms with Crippen LogP contribution in [0.1, 0.15) is 29.8 Å². The van der Waals surface area contributed by atoms with E-state index in [0.717, 1.165) is 19.5 Å². The van der Waals surface area contributed by atoms with Crippen LogP contribution < -0.4 is 10.1 Å². The van der Waals surface area contributed by atoms with E-state index in [4.69, 9.17) is 14.2 Å². The van der Waals surface area contributed by atoms with Crippen LogP contribution in [0.3, 0.4) is 0 Å². The fourth-order valence-corrected chi connectivity index (χ4v) is 4.49. The van der Waals surface area contributed by atoms with Crippen LogP contribution in [0.4, 0.5) is 5.69 Å². The molecule has 0 bridgehead atoms. The lowest BCUT2D eigenvalue weighted by atomic mass is 10.0. The second kappa shape index (κ2) is 13.4. The highest BCUT2D eigenvalue weighted by molar-refractivity contribution is 5.99. The summed E-state index contributed by atoms with van der Waals surface area (Å²) >= 11 is 0. The first-order valence-corrected chi connectivity index (χ1v) is 12.4. The maximum Gasteiger partial charge on any atom is 0.257 e. The second-order valence-electron chi connectivity index (χ2n) is 9.52. The molecule has 0 saturated heterocycles. The number of amides is 2. The normalized spacial score (nSPS) is 21.6. The van der Waals surface area contributed by atoms with E-state index in [1.165, 1.54) is 12.7 Å². The Morgan fingerprint density at radius 3 is 2.56 bits per heavy atom. The van der Waals surface area contributed by atoms with Gasteiger partial charge in [0.2, 0.25) is 5.91 Å². The van der Waals surface area contributed by atoms with E-state index >= 15 is 0 Å².